The molecule has 0 spiro atoms. The van der Waals surface area contributed by atoms with Crippen LogP contribution in [-0.4, -0.2) is 54.8 Å². The number of halogens is 1. The van der Waals surface area contributed by atoms with Gasteiger partial charge in [-0.15, -0.1) is 0 Å². The highest BCUT2D eigenvalue weighted by Gasteiger charge is 2.27. The van der Waals surface area contributed by atoms with Crippen molar-refractivity contribution in [3.63, 3.8) is 0 Å². The Morgan fingerprint density at radius 1 is 1.06 bits per heavy atom. The van der Waals surface area contributed by atoms with Crippen LogP contribution < -0.4 is 10.2 Å². The Hall–Kier alpha value is -2.83. The first-order valence-electron chi connectivity index (χ1n) is 11.3. The van der Waals surface area contributed by atoms with Crippen molar-refractivity contribution in [3.8, 4) is 11.1 Å². The molecule has 0 unspecified atom stereocenters. The Kier molecular flexibility index (Phi) is 6.77. The molecule has 0 saturated carbocycles. The van der Waals surface area contributed by atoms with E-state index in [4.69, 9.17) is 21.3 Å². The molecular formula is C26H31ClN4O2. The summed E-state index contributed by atoms with van der Waals surface area (Å²) in [6, 6.07) is 16.8. The maximum atomic E-state index is 12.3. The molecule has 1 fully saturated rings. The minimum Gasteiger partial charge on any atom is -0.444 e. The summed E-state index contributed by atoms with van der Waals surface area (Å²) in [5.74, 6) is 0.761. The van der Waals surface area contributed by atoms with Crippen molar-refractivity contribution in [2.24, 2.45) is 0 Å². The molecule has 1 aliphatic heterocycles. The summed E-state index contributed by atoms with van der Waals surface area (Å²) in [5, 5.41) is 4.82. The molecule has 1 N–H and O–H groups in total. The quantitative estimate of drug-likeness (QED) is 0.563. The Labute approximate surface area is 200 Å². The van der Waals surface area contributed by atoms with Crippen LogP contribution in [0.2, 0.25) is 5.02 Å². The van der Waals surface area contributed by atoms with Gasteiger partial charge in [0.1, 0.15) is 11.4 Å². The summed E-state index contributed by atoms with van der Waals surface area (Å²) in [6.45, 7) is 8.94. The van der Waals surface area contributed by atoms with Crippen molar-refractivity contribution in [1.29, 1.82) is 0 Å². The molecule has 4 rings (SSSR count). The molecule has 0 radical (unpaired) electrons. The minimum absolute atomic E-state index is 0.272. The Bertz CT molecular complexity index is 1150. The number of nitrogens with one attached hydrogen (secondary N) is 1. The Morgan fingerprint density at radius 3 is 2.48 bits per heavy atom. The van der Waals surface area contributed by atoms with Crippen LogP contribution in [0.3, 0.4) is 0 Å². The number of ether oxygens (including phenoxy) is 1. The van der Waals surface area contributed by atoms with Gasteiger partial charge in [-0.2, -0.15) is 0 Å². The zero-order valence-corrected chi connectivity index (χ0v) is 20.4. The maximum Gasteiger partial charge on any atom is 0.410 e. The van der Waals surface area contributed by atoms with Crippen LogP contribution >= 0.6 is 11.6 Å². The smallest absolute Gasteiger partial charge is 0.410 e. The summed E-state index contributed by atoms with van der Waals surface area (Å²) in [6.07, 6.45) is -0.272. The first-order chi connectivity index (χ1) is 15.7. The summed E-state index contributed by atoms with van der Waals surface area (Å²) in [5.41, 5.74) is 3.95. The number of benzene rings is 2. The van der Waals surface area contributed by atoms with E-state index in [0.717, 1.165) is 28.8 Å². The number of nitrogens with zero attached hydrogens (tertiary/aromatic N) is 3. The molecule has 0 bridgehead atoms. The average molecular weight is 467 g/mol. The number of piperazine rings is 1. The van der Waals surface area contributed by atoms with E-state index in [2.05, 4.69) is 46.6 Å². The van der Waals surface area contributed by atoms with Gasteiger partial charge in [0.15, 0.2) is 0 Å². The van der Waals surface area contributed by atoms with Crippen LogP contribution in [0, 0.1) is 0 Å². The zero-order chi connectivity index (χ0) is 23.6. The van der Waals surface area contributed by atoms with Crippen molar-refractivity contribution in [1.82, 2.24) is 15.2 Å². The maximum absolute atomic E-state index is 12.3. The Balaban J connectivity index is 1.51. The number of carbonyl (C=O) groups excluding carboxylic acids is 1. The van der Waals surface area contributed by atoms with Gasteiger partial charge >= 0.3 is 6.09 Å². The highest BCUT2D eigenvalue weighted by Crippen LogP contribution is 2.31. The molecule has 0 aliphatic carbocycles. The molecule has 0 atom stereocenters. The lowest BCUT2D eigenvalue weighted by atomic mass is 10.0. The fourth-order valence-corrected chi connectivity index (χ4v) is 4.31. The van der Waals surface area contributed by atoms with E-state index in [0.29, 0.717) is 31.2 Å². The minimum atomic E-state index is -0.496. The third-order valence-corrected chi connectivity index (χ3v) is 5.90. The molecule has 33 heavy (non-hydrogen) atoms. The standard InChI is InChI=1S/C26H31ClN4O2/c1-26(2,3)33-25(32)31-12-10-30(11-13-31)24-22(27)16-21-15-20(8-9-23(21)29-24)19-7-5-6-18(14-19)17-28-4/h5-9,14-16,28H,10-13,17H2,1-4H3. The number of aromatic nitrogens is 1. The van der Waals surface area contributed by atoms with E-state index in [-0.39, 0.29) is 6.09 Å². The van der Waals surface area contributed by atoms with Crippen molar-refractivity contribution in [3.05, 3.63) is 59.1 Å². The second-order valence-electron chi connectivity index (χ2n) is 9.39. The normalized spacial score (nSPS) is 14.6. The van der Waals surface area contributed by atoms with Crippen molar-refractivity contribution in [2.45, 2.75) is 32.9 Å². The predicted octanol–water partition coefficient (Wildman–Crippen LogP) is 5.33. The molecule has 7 heteroatoms. The van der Waals surface area contributed by atoms with E-state index >= 15 is 0 Å². The molecule has 174 valence electrons. The van der Waals surface area contributed by atoms with E-state index in [9.17, 15) is 4.79 Å². The predicted molar refractivity (Wildman–Crippen MR) is 135 cm³/mol. The first-order valence-corrected chi connectivity index (χ1v) is 11.7. The fourth-order valence-electron chi connectivity index (χ4n) is 4.03. The summed E-state index contributed by atoms with van der Waals surface area (Å²) in [4.78, 5) is 21.1. The van der Waals surface area contributed by atoms with Gasteiger partial charge in [0.25, 0.3) is 0 Å². The van der Waals surface area contributed by atoms with Crippen LogP contribution in [0.5, 0.6) is 0 Å². The summed E-state index contributed by atoms with van der Waals surface area (Å²) < 4.78 is 5.49. The number of pyridine rings is 1. The topological polar surface area (TPSA) is 57.7 Å². The van der Waals surface area contributed by atoms with Gasteiger partial charge in [-0.3, -0.25) is 0 Å². The first kappa shape index (κ1) is 23.3. The molecule has 2 heterocycles. The monoisotopic (exact) mass is 466 g/mol. The molecule has 2 aromatic carbocycles. The molecule has 1 saturated heterocycles. The molecular weight excluding hydrogens is 436 g/mol. The average Bonchev–Trinajstić information content (AvgIpc) is 2.78. The van der Waals surface area contributed by atoms with E-state index < -0.39 is 5.60 Å². The highest BCUT2D eigenvalue weighted by molar-refractivity contribution is 6.33. The Morgan fingerprint density at radius 2 is 1.79 bits per heavy atom. The number of hydrogen-bond acceptors (Lipinski definition) is 5. The van der Waals surface area contributed by atoms with Crippen LogP contribution in [0.1, 0.15) is 26.3 Å². The molecule has 6 nitrogen and oxygen atoms in total. The van der Waals surface area contributed by atoms with E-state index in [1.165, 1.54) is 11.1 Å². The number of amides is 1. The number of carbonyl (C=O) groups is 1. The van der Waals surface area contributed by atoms with Crippen molar-refractivity contribution >= 4 is 34.4 Å². The lowest BCUT2D eigenvalue weighted by Crippen LogP contribution is -2.50. The molecule has 1 amide bonds. The zero-order valence-electron chi connectivity index (χ0n) is 19.7. The van der Waals surface area contributed by atoms with Crippen molar-refractivity contribution in [2.75, 3.05) is 38.1 Å². The molecule has 3 aromatic rings. The third-order valence-electron chi connectivity index (χ3n) is 5.62. The fraction of sp³-hybridized carbons (Fsp3) is 0.385. The number of fused-ring (bicyclic) bond motifs is 1. The van der Waals surface area contributed by atoms with Gasteiger partial charge in [-0.25, -0.2) is 9.78 Å². The van der Waals surface area contributed by atoms with Crippen LogP contribution in [0.15, 0.2) is 48.5 Å². The van der Waals surface area contributed by atoms with Crippen LogP contribution in [0.25, 0.3) is 22.0 Å². The van der Waals surface area contributed by atoms with E-state index in [1.54, 1.807) is 4.90 Å². The second kappa shape index (κ2) is 9.57. The van der Waals surface area contributed by atoms with Crippen LogP contribution in [-0.2, 0) is 11.3 Å². The number of hydrogen-bond donors (Lipinski definition) is 1. The molecule has 1 aromatic heterocycles. The number of rotatable bonds is 4. The lowest BCUT2D eigenvalue weighted by molar-refractivity contribution is 0.0240. The number of anilines is 1. The molecule has 1 aliphatic rings. The third kappa shape index (κ3) is 5.57. The van der Waals surface area contributed by atoms with Gasteiger partial charge in [-0.1, -0.05) is 35.9 Å². The van der Waals surface area contributed by atoms with Gasteiger partial charge in [0.05, 0.1) is 10.5 Å². The van der Waals surface area contributed by atoms with E-state index in [1.807, 2.05) is 40.0 Å². The largest absolute Gasteiger partial charge is 0.444 e. The van der Waals surface area contributed by atoms with Gasteiger partial charge in [-0.05, 0) is 68.8 Å². The highest BCUT2D eigenvalue weighted by atomic mass is 35.5. The SMILES string of the molecule is CNCc1cccc(-c2ccc3nc(N4CCN(C(=O)OC(C)(C)C)CC4)c(Cl)cc3c2)c1. The van der Waals surface area contributed by atoms with Crippen LogP contribution in [0.4, 0.5) is 10.6 Å². The van der Waals surface area contributed by atoms with Gasteiger partial charge in [0.2, 0.25) is 0 Å². The lowest BCUT2D eigenvalue weighted by Gasteiger charge is -2.36. The van der Waals surface area contributed by atoms with Gasteiger partial charge in [0, 0.05) is 38.1 Å². The van der Waals surface area contributed by atoms with Gasteiger partial charge < -0.3 is 19.9 Å². The summed E-state index contributed by atoms with van der Waals surface area (Å²) >= 11 is 6.67. The van der Waals surface area contributed by atoms with Crippen molar-refractivity contribution < 1.29 is 9.53 Å². The summed E-state index contributed by atoms with van der Waals surface area (Å²) in [7, 11) is 1.95. The second-order valence-corrected chi connectivity index (χ2v) is 9.79.